The summed E-state index contributed by atoms with van der Waals surface area (Å²) < 4.78 is 0. The molecule has 19 heavy (non-hydrogen) atoms. The maximum atomic E-state index is 11.8. The van der Waals surface area contributed by atoms with Crippen LogP contribution in [0.2, 0.25) is 5.02 Å². The standard InChI is InChI=1S/C13H17ClN2O3/c1-3-11(12(17)18)15-13(19)16(2)8-9-4-6-10(14)7-5-9/h4-7,11H,3,8H2,1-2H3,(H,15,19)(H,17,18)/t11-/m0/s1. The molecule has 0 spiro atoms. The number of nitrogens with one attached hydrogen (secondary N) is 1. The molecule has 6 heteroatoms. The Balaban J connectivity index is 2.57. The summed E-state index contributed by atoms with van der Waals surface area (Å²) in [5.41, 5.74) is 0.922. The fourth-order valence-corrected chi connectivity index (χ4v) is 1.66. The van der Waals surface area contributed by atoms with E-state index in [9.17, 15) is 9.59 Å². The summed E-state index contributed by atoms with van der Waals surface area (Å²) in [6.45, 7) is 2.09. The molecule has 1 aromatic rings. The Kier molecular flexibility index (Phi) is 5.63. The number of halogens is 1. The van der Waals surface area contributed by atoms with Crippen molar-refractivity contribution in [3.8, 4) is 0 Å². The summed E-state index contributed by atoms with van der Waals surface area (Å²) in [6, 6.07) is 5.86. The van der Waals surface area contributed by atoms with Gasteiger partial charge in [-0.1, -0.05) is 30.7 Å². The van der Waals surface area contributed by atoms with E-state index in [0.717, 1.165) is 5.56 Å². The number of carboxylic acid groups (broad SMARTS) is 1. The second kappa shape index (κ2) is 6.99. The van der Waals surface area contributed by atoms with E-state index < -0.39 is 18.0 Å². The number of urea groups is 1. The van der Waals surface area contributed by atoms with Gasteiger partial charge in [0.25, 0.3) is 0 Å². The summed E-state index contributed by atoms with van der Waals surface area (Å²) in [7, 11) is 1.61. The average molecular weight is 285 g/mol. The first-order valence-corrected chi connectivity index (χ1v) is 6.30. The van der Waals surface area contributed by atoms with Gasteiger partial charge in [-0.15, -0.1) is 0 Å². The van der Waals surface area contributed by atoms with Crippen LogP contribution in [0, 0.1) is 0 Å². The van der Waals surface area contributed by atoms with Crippen molar-refractivity contribution < 1.29 is 14.7 Å². The number of nitrogens with zero attached hydrogens (tertiary/aromatic N) is 1. The molecule has 0 unspecified atom stereocenters. The number of amides is 2. The molecule has 0 aliphatic heterocycles. The topological polar surface area (TPSA) is 69.6 Å². The van der Waals surface area contributed by atoms with Gasteiger partial charge in [0, 0.05) is 18.6 Å². The third kappa shape index (κ3) is 4.79. The average Bonchev–Trinajstić information content (AvgIpc) is 2.37. The SMILES string of the molecule is CC[C@H](NC(=O)N(C)Cc1ccc(Cl)cc1)C(=O)O. The van der Waals surface area contributed by atoms with Gasteiger partial charge in [-0.25, -0.2) is 9.59 Å². The summed E-state index contributed by atoms with van der Waals surface area (Å²) >= 11 is 5.78. The minimum absolute atomic E-state index is 0.343. The molecule has 1 atom stereocenters. The molecular weight excluding hydrogens is 268 g/mol. The van der Waals surface area contributed by atoms with Gasteiger partial charge < -0.3 is 15.3 Å². The molecule has 2 amide bonds. The van der Waals surface area contributed by atoms with Gasteiger partial charge in [-0.3, -0.25) is 0 Å². The number of carboxylic acids is 1. The molecule has 1 aromatic carbocycles. The Labute approximate surface area is 117 Å². The molecule has 0 saturated heterocycles. The lowest BCUT2D eigenvalue weighted by molar-refractivity contribution is -0.139. The van der Waals surface area contributed by atoms with E-state index in [2.05, 4.69) is 5.32 Å². The van der Waals surface area contributed by atoms with Crippen molar-refractivity contribution in [2.45, 2.75) is 25.9 Å². The zero-order valence-electron chi connectivity index (χ0n) is 10.9. The fraction of sp³-hybridized carbons (Fsp3) is 0.385. The maximum absolute atomic E-state index is 11.8. The van der Waals surface area contributed by atoms with Crippen molar-refractivity contribution in [2.24, 2.45) is 0 Å². The van der Waals surface area contributed by atoms with Crippen LogP contribution < -0.4 is 5.32 Å². The zero-order valence-corrected chi connectivity index (χ0v) is 11.6. The number of rotatable bonds is 5. The van der Waals surface area contributed by atoms with E-state index in [1.807, 2.05) is 12.1 Å². The first-order valence-electron chi connectivity index (χ1n) is 5.93. The number of benzene rings is 1. The normalized spacial score (nSPS) is 11.7. The Morgan fingerprint density at radius 3 is 2.42 bits per heavy atom. The fourth-order valence-electron chi connectivity index (χ4n) is 1.53. The van der Waals surface area contributed by atoms with Gasteiger partial charge in [0.05, 0.1) is 0 Å². The maximum Gasteiger partial charge on any atom is 0.326 e. The first-order chi connectivity index (χ1) is 8.93. The van der Waals surface area contributed by atoms with E-state index in [0.29, 0.717) is 18.0 Å². The number of carbonyl (C=O) groups excluding carboxylic acids is 1. The lowest BCUT2D eigenvalue weighted by Crippen LogP contribution is -2.46. The zero-order chi connectivity index (χ0) is 14.4. The summed E-state index contributed by atoms with van der Waals surface area (Å²) in [6.07, 6.45) is 0.343. The molecule has 0 radical (unpaired) electrons. The predicted octanol–water partition coefficient (Wildman–Crippen LogP) is 2.34. The smallest absolute Gasteiger partial charge is 0.326 e. The van der Waals surface area contributed by atoms with Crippen LogP contribution in [-0.2, 0) is 11.3 Å². The van der Waals surface area contributed by atoms with E-state index in [-0.39, 0.29) is 0 Å². The molecule has 0 aliphatic carbocycles. The summed E-state index contributed by atoms with van der Waals surface area (Å²) in [5, 5.41) is 12.0. The van der Waals surface area contributed by atoms with Crippen LogP contribution in [-0.4, -0.2) is 35.1 Å². The number of hydrogen-bond acceptors (Lipinski definition) is 2. The molecule has 0 aromatic heterocycles. The van der Waals surface area contributed by atoms with Gasteiger partial charge in [0.2, 0.25) is 0 Å². The monoisotopic (exact) mass is 284 g/mol. The van der Waals surface area contributed by atoms with Crippen molar-refractivity contribution >= 4 is 23.6 Å². The highest BCUT2D eigenvalue weighted by molar-refractivity contribution is 6.30. The molecule has 0 heterocycles. The van der Waals surface area contributed by atoms with E-state index >= 15 is 0 Å². The van der Waals surface area contributed by atoms with Crippen LogP contribution in [0.4, 0.5) is 4.79 Å². The second-order valence-corrected chi connectivity index (χ2v) is 4.67. The molecule has 2 N–H and O–H groups in total. The highest BCUT2D eigenvalue weighted by atomic mass is 35.5. The van der Waals surface area contributed by atoms with Gasteiger partial charge in [-0.05, 0) is 24.1 Å². The van der Waals surface area contributed by atoms with E-state index in [1.165, 1.54) is 4.90 Å². The quantitative estimate of drug-likeness (QED) is 0.872. The van der Waals surface area contributed by atoms with Crippen molar-refractivity contribution in [3.05, 3.63) is 34.9 Å². The molecule has 0 aliphatic rings. The second-order valence-electron chi connectivity index (χ2n) is 4.23. The number of carbonyl (C=O) groups is 2. The molecule has 0 bridgehead atoms. The van der Waals surface area contributed by atoms with Gasteiger partial charge >= 0.3 is 12.0 Å². The van der Waals surface area contributed by atoms with Crippen LogP contribution in [0.25, 0.3) is 0 Å². The van der Waals surface area contributed by atoms with Crippen LogP contribution >= 0.6 is 11.6 Å². The minimum atomic E-state index is -1.03. The highest BCUT2D eigenvalue weighted by Crippen LogP contribution is 2.11. The first kappa shape index (κ1) is 15.3. The molecular formula is C13H17ClN2O3. The van der Waals surface area contributed by atoms with Gasteiger partial charge in [0.15, 0.2) is 0 Å². The molecule has 1 rings (SSSR count). The summed E-state index contributed by atoms with van der Waals surface area (Å²) in [5.74, 6) is -1.03. The lowest BCUT2D eigenvalue weighted by Gasteiger charge is -2.20. The molecule has 104 valence electrons. The number of hydrogen-bond donors (Lipinski definition) is 2. The Hall–Kier alpha value is -1.75. The van der Waals surface area contributed by atoms with Crippen molar-refractivity contribution in [1.82, 2.24) is 10.2 Å². The van der Waals surface area contributed by atoms with E-state index in [1.54, 1.807) is 26.1 Å². The van der Waals surface area contributed by atoms with Crippen molar-refractivity contribution in [3.63, 3.8) is 0 Å². The molecule has 0 fully saturated rings. The Morgan fingerprint density at radius 2 is 1.95 bits per heavy atom. The Morgan fingerprint density at radius 1 is 1.37 bits per heavy atom. The van der Waals surface area contributed by atoms with Crippen LogP contribution in [0.3, 0.4) is 0 Å². The minimum Gasteiger partial charge on any atom is -0.480 e. The molecule has 0 saturated carbocycles. The van der Waals surface area contributed by atoms with Crippen molar-refractivity contribution in [2.75, 3.05) is 7.05 Å². The largest absolute Gasteiger partial charge is 0.480 e. The highest BCUT2D eigenvalue weighted by Gasteiger charge is 2.19. The van der Waals surface area contributed by atoms with Crippen molar-refractivity contribution in [1.29, 1.82) is 0 Å². The van der Waals surface area contributed by atoms with Crippen LogP contribution in [0.5, 0.6) is 0 Å². The summed E-state index contributed by atoms with van der Waals surface area (Å²) in [4.78, 5) is 24.1. The lowest BCUT2D eigenvalue weighted by atomic mass is 10.2. The predicted molar refractivity (Wildman–Crippen MR) is 73.2 cm³/mol. The third-order valence-corrected chi connectivity index (χ3v) is 2.94. The molecule has 5 nitrogen and oxygen atoms in total. The third-order valence-electron chi connectivity index (χ3n) is 2.68. The van der Waals surface area contributed by atoms with Gasteiger partial charge in [-0.2, -0.15) is 0 Å². The van der Waals surface area contributed by atoms with Crippen LogP contribution in [0.1, 0.15) is 18.9 Å². The number of aliphatic carboxylic acids is 1. The van der Waals surface area contributed by atoms with Crippen LogP contribution in [0.15, 0.2) is 24.3 Å². The Bertz CT molecular complexity index is 448. The van der Waals surface area contributed by atoms with Gasteiger partial charge in [0.1, 0.15) is 6.04 Å². The van der Waals surface area contributed by atoms with E-state index in [4.69, 9.17) is 16.7 Å².